The van der Waals surface area contributed by atoms with Crippen LogP contribution < -0.4 is 78.5 Å². The van der Waals surface area contributed by atoms with Crippen molar-refractivity contribution in [2.45, 2.75) is 233 Å². The topological polar surface area (TPSA) is 438 Å². The standard InChI is InChI=1S/C66H108N18O14S3/c1-3-67-54(87)22-20-46(75-56(89)18-6-4-12-31-69-53(86)17-11-9-15-51-59-49(41-100-51)77-66(95)78-59)60(91)73-44-26-35-83(36-27-44)64-79-63(82-33-24-43(25-34-82)62(93)94)80-65(81-64)84-37-28-45(29-38-84)74-61(92)47(21-23-55(88)70-32-39-101(96,97)98)76-57(90)19-7-5-13-30-68-52(85)16-10-8-14-50-58-48(40-99-50)71-42(2)72-58/h43-51,58-59,71-72H,2-41H2,1H3,(H,67,87)(H,68,85)(H,69,86)(H,70,88)(H,73,91)(H,74,92)(H,75,89)(H,76,90)(H,93,94)(H2,77,78,95)(H,96,97,98). The molecule has 8 rings (SSSR count). The van der Waals surface area contributed by atoms with Crippen LogP contribution in [0.1, 0.15) is 174 Å². The van der Waals surface area contributed by atoms with Gasteiger partial charge in [0.15, 0.2) is 0 Å². The van der Waals surface area contributed by atoms with E-state index < -0.39 is 63.5 Å². The number of anilines is 3. The van der Waals surface area contributed by atoms with Crippen molar-refractivity contribution in [3.8, 4) is 0 Å². The summed E-state index contributed by atoms with van der Waals surface area (Å²) in [5.41, 5.74) is 0. The number of carboxylic acids is 1. The van der Waals surface area contributed by atoms with Gasteiger partial charge in [-0.05, 0) is 110 Å². The second-order valence-electron chi connectivity index (χ2n) is 27.5. The lowest BCUT2D eigenvalue weighted by atomic mass is 9.97. The van der Waals surface area contributed by atoms with E-state index in [-0.39, 0.29) is 98.9 Å². The Morgan fingerprint density at radius 3 is 1.39 bits per heavy atom. The maximum Gasteiger partial charge on any atom is 0.315 e. The summed E-state index contributed by atoms with van der Waals surface area (Å²) < 4.78 is 31.7. The molecule has 7 aliphatic heterocycles. The van der Waals surface area contributed by atoms with Crippen LogP contribution in [0.3, 0.4) is 0 Å². The van der Waals surface area contributed by atoms with Crippen molar-refractivity contribution in [3.63, 3.8) is 0 Å². The summed E-state index contributed by atoms with van der Waals surface area (Å²) in [6.45, 7) is 9.35. The zero-order valence-corrected chi connectivity index (χ0v) is 60.8. The molecule has 8 unspecified atom stereocenters. The van der Waals surface area contributed by atoms with Gasteiger partial charge in [0.2, 0.25) is 65.1 Å². The number of aliphatic carboxylic acids is 1. The molecule has 1 aromatic heterocycles. The predicted molar refractivity (Wildman–Crippen MR) is 384 cm³/mol. The fourth-order valence-electron chi connectivity index (χ4n) is 13.9. The average molecular weight is 1470 g/mol. The molecule has 7 saturated heterocycles. The van der Waals surface area contributed by atoms with Crippen molar-refractivity contribution >= 4 is 111 Å². The number of nitrogens with zero attached hydrogens (tertiary/aromatic N) is 6. The number of fused-ring (bicyclic) bond motifs is 2. The van der Waals surface area contributed by atoms with Gasteiger partial charge in [0.05, 0.1) is 41.7 Å². The summed E-state index contributed by atoms with van der Waals surface area (Å²) in [7, 11) is -4.33. The van der Waals surface area contributed by atoms with E-state index in [2.05, 4.69) is 70.4 Å². The minimum atomic E-state index is -4.33. The van der Waals surface area contributed by atoms with E-state index in [1.807, 2.05) is 38.2 Å². The monoisotopic (exact) mass is 1470 g/mol. The van der Waals surface area contributed by atoms with Crippen molar-refractivity contribution in [1.82, 2.24) is 78.8 Å². The minimum absolute atomic E-state index is 0.00729. The third-order valence-corrected chi connectivity index (χ3v) is 23.4. The first kappa shape index (κ1) is 79.6. The number of aromatic nitrogens is 3. The summed E-state index contributed by atoms with van der Waals surface area (Å²) in [6.07, 6.45) is 12.7. The summed E-state index contributed by atoms with van der Waals surface area (Å²) in [5, 5.41) is 46.4. The number of urea groups is 1. The Labute approximate surface area is 601 Å². The van der Waals surface area contributed by atoms with Crippen LogP contribution in [0.15, 0.2) is 12.4 Å². The van der Waals surface area contributed by atoms with E-state index in [1.165, 1.54) is 0 Å². The van der Waals surface area contributed by atoms with Gasteiger partial charge in [0.1, 0.15) is 12.1 Å². The molecule has 0 aromatic carbocycles. The number of unbranched alkanes of at least 4 members (excludes halogenated alkanes) is 6. The van der Waals surface area contributed by atoms with Gasteiger partial charge in [-0.3, -0.25) is 47.7 Å². The second-order valence-corrected chi connectivity index (χ2v) is 31.6. The molecular weight excluding hydrogens is 1370 g/mol. The van der Waals surface area contributed by atoms with Crippen LogP contribution in [-0.4, -0.2) is 234 Å². The van der Waals surface area contributed by atoms with Gasteiger partial charge in [0.25, 0.3) is 10.1 Å². The van der Waals surface area contributed by atoms with Gasteiger partial charge < -0.3 is 83.6 Å². The lowest BCUT2D eigenvalue weighted by Gasteiger charge is -2.36. The van der Waals surface area contributed by atoms with Crippen LogP contribution in [0.25, 0.3) is 0 Å². The largest absolute Gasteiger partial charge is 0.481 e. The Bertz CT molecular complexity index is 3100. The van der Waals surface area contributed by atoms with E-state index in [4.69, 9.17) is 19.5 Å². The fraction of sp³-hybridized carbons (Fsp3) is 0.773. The molecule has 8 atom stereocenters. The van der Waals surface area contributed by atoms with Gasteiger partial charge in [-0.2, -0.15) is 46.9 Å². The zero-order valence-electron chi connectivity index (χ0n) is 58.3. The molecule has 0 saturated carbocycles. The highest BCUT2D eigenvalue weighted by Crippen LogP contribution is 2.35. The zero-order chi connectivity index (χ0) is 72.3. The third kappa shape index (κ3) is 26.9. The molecule has 14 N–H and O–H groups in total. The number of hydrogen-bond acceptors (Lipinski definition) is 22. The van der Waals surface area contributed by atoms with Crippen LogP contribution in [0.5, 0.6) is 0 Å². The van der Waals surface area contributed by atoms with Crippen LogP contribution in [0.4, 0.5) is 22.6 Å². The molecule has 7 fully saturated rings. The molecule has 35 heteroatoms. The fourth-order valence-corrected chi connectivity index (χ4v) is 17.4. The van der Waals surface area contributed by atoms with Gasteiger partial charge >= 0.3 is 12.0 Å². The van der Waals surface area contributed by atoms with Crippen molar-refractivity contribution in [1.29, 1.82) is 0 Å². The van der Waals surface area contributed by atoms with Gasteiger partial charge in [0, 0.05) is 138 Å². The number of amides is 10. The molecular formula is C66H108N18O14S3. The molecule has 101 heavy (non-hydrogen) atoms. The van der Waals surface area contributed by atoms with E-state index in [0.717, 1.165) is 55.9 Å². The summed E-state index contributed by atoms with van der Waals surface area (Å²) >= 11 is 3.81. The molecule has 0 radical (unpaired) electrons. The van der Waals surface area contributed by atoms with Crippen LogP contribution >= 0.6 is 23.5 Å². The first-order valence-electron chi connectivity index (χ1n) is 36.5. The minimum Gasteiger partial charge on any atom is -0.481 e. The quantitative estimate of drug-likeness (QED) is 0.0248. The number of carboxylic acid groups (broad SMARTS) is 1. The second kappa shape index (κ2) is 40.6. The SMILES string of the molecule is C=C1NC2CSC(CCCCC(=O)NCCCCCC(=O)NC(CCC(=O)NCCS(=O)(=O)O)C(=O)NC3CCN(c4nc(N5CCC(NC(=O)C(CCC(=O)NCC)NC(=O)CCCCCNC(=O)CCCCC6SCC7NC(=O)NC76)CC5)nc(N5CCC(C(=O)O)CC5)n4)CC3)C2N1. The smallest absolute Gasteiger partial charge is 0.315 e. The summed E-state index contributed by atoms with van der Waals surface area (Å²) in [4.78, 5) is 150. The highest BCUT2D eigenvalue weighted by molar-refractivity contribution is 8.00. The van der Waals surface area contributed by atoms with Crippen molar-refractivity contribution in [3.05, 3.63) is 12.4 Å². The van der Waals surface area contributed by atoms with E-state index in [1.54, 1.807) is 6.92 Å². The van der Waals surface area contributed by atoms with E-state index >= 15 is 0 Å². The van der Waals surface area contributed by atoms with Crippen LogP contribution in [-0.2, 0) is 53.3 Å². The maximum atomic E-state index is 14.0. The van der Waals surface area contributed by atoms with Crippen LogP contribution in [0.2, 0.25) is 0 Å². The molecule has 7 aliphatic rings. The van der Waals surface area contributed by atoms with Crippen LogP contribution in [0, 0.1) is 5.92 Å². The molecule has 10 amide bonds. The summed E-state index contributed by atoms with van der Waals surface area (Å²) in [6, 6.07) is -1.68. The normalized spacial score (nSPS) is 22.1. The molecule has 0 aliphatic carbocycles. The molecule has 1 aromatic rings. The number of nitrogens with one attached hydrogen (secondary N) is 12. The Morgan fingerprint density at radius 2 is 0.931 bits per heavy atom. The molecule has 0 bridgehead atoms. The Hall–Kier alpha value is -7.14. The number of carbonyl (C=O) groups excluding carboxylic acids is 9. The highest BCUT2D eigenvalue weighted by atomic mass is 32.2. The predicted octanol–water partition coefficient (Wildman–Crippen LogP) is 1.17. The van der Waals surface area contributed by atoms with Crippen molar-refractivity contribution in [2.75, 3.05) is 97.4 Å². The Balaban J connectivity index is 0.780. The number of carbonyl (C=O) groups is 10. The van der Waals surface area contributed by atoms with E-state index in [0.29, 0.717) is 189 Å². The molecule has 0 spiro atoms. The number of rotatable bonds is 42. The Morgan fingerprint density at radius 1 is 0.525 bits per heavy atom. The molecule has 32 nitrogen and oxygen atoms in total. The lowest BCUT2D eigenvalue weighted by molar-refractivity contribution is -0.142. The van der Waals surface area contributed by atoms with Crippen molar-refractivity contribution in [2.24, 2.45) is 5.92 Å². The number of thioether (sulfide) groups is 2. The van der Waals surface area contributed by atoms with Crippen molar-refractivity contribution < 1.29 is 66.0 Å². The lowest BCUT2D eigenvalue weighted by Crippen LogP contribution is -2.53. The van der Waals surface area contributed by atoms with E-state index in [9.17, 15) is 61.5 Å². The highest BCUT2D eigenvalue weighted by Gasteiger charge is 2.43. The number of hydrogen-bond donors (Lipinski definition) is 14. The maximum absolute atomic E-state index is 14.0. The Kier molecular flexibility index (Phi) is 32.0. The first-order valence-corrected chi connectivity index (χ1v) is 40.2. The average Bonchev–Trinajstić information content (AvgIpc) is 1.78. The van der Waals surface area contributed by atoms with Gasteiger partial charge in [-0.25, -0.2) is 4.79 Å². The van der Waals surface area contributed by atoms with Gasteiger partial charge in [-0.15, -0.1) is 0 Å². The molecule has 564 valence electrons. The van der Waals surface area contributed by atoms with Gasteiger partial charge in [-0.1, -0.05) is 32.3 Å². The molecule has 8 heterocycles. The number of piperidine rings is 3. The first-order chi connectivity index (χ1) is 48.6. The summed E-state index contributed by atoms with van der Waals surface area (Å²) in [5.74, 6) is -0.480. The third-order valence-electron chi connectivity index (χ3n) is 19.7.